The highest BCUT2D eigenvalue weighted by Gasteiger charge is 2.37. The second-order valence-corrected chi connectivity index (χ2v) is 3.74. The zero-order chi connectivity index (χ0) is 10.8. The molecule has 3 nitrogen and oxygen atoms in total. The Hall–Kier alpha value is -1.64. The van der Waals surface area contributed by atoms with E-state index >= 15 is 0 Å². The summed E-state index contributed by atoms with van der Waals surface area (Å²) in [6.45, 7) is 1.43. The maximum absolute atomic E-state index is 11.4. The molecule has 78 valence electrons. The second kappa shape index (κ2) is 3.85. The Kier molecular flexibility index (Phi) is 2.54. The topological polar surface area (TPSA) is 43.4 Å². The third-order valence-electron chi connectivity index (χ3n) is 2.65. The molecule has 0 amide bonds. The molecule has 0 N–H and O–H groups in total. The zero-order valence-electron chi connectivity index (χ0n) is 8.47. The van der Waals surface area contributed by atoms with E-state index in [0.717, 1.165) is 5.56 Å². The van der Waals surface area contributed by atoms with Gasteiger partial charge in [-0.2, -0.15) is 0 Å². The maximum atomic E-state index is 11.4. The Labute approximate surface area is 88.1 Å². The molecule has 0 aromatic heterocycles. The van der Waals surface area contributed by atoms with Crippen LogP contribution in [0.5, 0.6) is 0 Å². The molecule has 1 heterocycles. The first-order chi connectivity index (χ1) is 7.18. The van der Waals surface area contributed by atoms with E-state index in [0.29, 0.717) is 6.42 Å². The van der Waals surface area contributed by atoms with Gasteiger partial charge in [-0.15, -0.1) is 0 Å². The Morgan fingerprint density at radius 2 is 2.00 bits per heavy atom. The minimum absolute atomic E-state index is 0.113. The summed E-state index contributed by atoms with van der Waals surface area (Å²) in [7, 11) is 0. The van der Waals surface area contributed by atoms with Crippen molar-refractivity contribution < 1.29 is 14.3 Å². The molecule has 2 rings (SSSR count). The lowest BCUT2D eigenvalue weighted by Gasteiger charge is -2.07. The molecule has 1 aromatic rings. The van der Waals surface area contributed by atoms with E-state index in [-0.39, 0.29) is 11.9 Å². The van der Waals surface area contributed by atoms with Crippen molar-refractivity contribution in [2.24, 2.45) is 5.92 Å². The van der Waals surface area contributed by atoms with Gasteiger partial charge in [-0.05, 0) is 12.5 Å². The number of benzene rings is 1. The molecule has 15 heavy (non-hydrogen) atoms. The lowest BCUT2D eigenvalue weighted by atomic mass is 9.97. The summed E-state index contributed by atoms with van der Waals surface area (Å²) in [6.07, 6.45) is 0.214. The SMILES string of the molecule is CC(=O)[C@@H]1C[C@H](c2ccccc2)OC1=O. The highest BCUT2D eigenvalue weighted by molar-refractivity contribution is 5.98. The van der Waals surface area contributed by atoms with E-state index in [1.165, 1.54) is 6.92 Å². The van der Waals surface area contributed by atoms with Gasteiger partial charge in [0.25, 0.3) is 0 Å². The molecule has 0 saturated carbocycles. The van der Waals surface area contributed by atoms with E-state index < -0.39 is 11.9 Å². The molecule has 0 spiro atoms. The number of hydrogen-bond donors (Lipinski definition) is 0. The highest BCUT2D eigenvalue weighted by atomic mass is 16.6. The minimum Gasteiger partial charge on any atom is -0.457 e. The lowest BCUT2D eigenvalue weighted by molar-refractivity contribution is -0.146. The molecule has 1 aliphatic rings. The quantitative estimate of drug-likeness (QED) is 0.545. The van der Waals surface area contributed by atoms with Crippen molar-refractivity contribution in [2.75, 3.05) is 0 Å². The van der Waals surface area contributed by atoms with Crippen LogP contribution in [0.4, 0.5) is 0 Å². The van der Waals surface area contributed by atoms with Crippen molar-refractivity contribution >= 4 is 11.8 Å². The molecule has 1 fully saturated rings. The van der Waals surface area contributed by atoms with Crippen LogP contribution in [0.25, 0.3) is 0 Å². The Balaban J connectivity index is 2.16. The van der Waals surface area contributed by atoms with Crippen LogP contribution in [0, 0.1) is 5.92 Å². The predicted molar refractivity (Wildman–Crippen MR) is 54.1 cm³/mol. The van der Waals surface area contributed by atoms with Gasteiger partial charge in [-0.1, -0.05) is 30.3 Å². The Morgan fingerprint density at radius 3 is 2.53 bits per heavy atom. The van der Waals surface area contributed by atoms with Crippen LogP contribution in [0.2, 0.25) is 0 Å². The summed E-state index contributed by atoms with van der Waals surface area (Å²) < 4.78 is 5.16. The molecule has 0 unspecified atom stereocenters. The molecule has 1 aliphatic heterocycles. The van der Waals surface area contributed by atoms with Crippen molar-refractivity contribution in [3.8, 4) is 0 Å². The van der Waals surface area contributed by atoms with Gasteiger partial charge < -0.3 is 4.74 Å². The summed E-state index contributed by atoms with van der Waals surface area (Å²) in [5.41, 5.74) is 0.953. The van der Waals surface area contributed by atoms with E-state index in [1.807, 2.05) is 30.3 Å². The van der Waals surface area contributed by atoms with Crippen LogP contribution >= 0.6 is 0 Å². The normalized spacial score (nSPS) is 25.0. The summed E-state index contributed by atoms with van der Waals surface area (Å²) >= 11 is 0. The van der Waals surface area contributed by atoms with Gasteiger partial charge in [0.1, 0.15) is 17.8 Å². The first-order valence-electron chi connectivity index (χ1n) is 4.94. The van der Waals surface area contributed by atoms with Gasteiger partial charge in [-0.3, -0.25) is 9.59 Å². The number of carbonyl (C=O) groups is 2. The smallest absolute Gasteiger partial charge is 0.317 e. The number of ether oxygens (including phenoxy) is 1. The Bertz CT molecular complexity index is 383. The number of Topliss-reactive ketones (excluding diaryl/α,β-unsaturated/α-hetero) is 1. The fourth-order valence-corrected chi connectivity index (χ4v) is 1.78. The van der Waals surface area contributed by atoms with Crippen LogP contribution < -0.4 is 0 Å². The lowest BCUT2D eigenvalue weighted by Crippen LogP contribution is -2.15. The molecule has 0 aliphatic carbocycles. The third kappa shape index (κ3) is 1.91. The largest absolute Gasteiger partial charge is 0.457 e. The Morgan fingerprint density at radius 1 is 1.33 bits per heavy atom. The van der Waals surface area contributed by atoms with Crippen LogP contribution in [0.1, 0.15) is 25.0 Å². The van der Waals surface area contributed by atoms with E-state index in [9.17, 15) is 9.59 Å². The van der Waals surface area contributed by atoms with Gasteiger partial charge in [-0.25, -0.2) is 0 Å². The standard InChI is InChI=1S/C12H12O3/c1-8(13)10-7-11(15-12(10)14)9-5-3-2-4-6-9/h2-6,10-11H,7H2,1H3/t10-,11+/m0/s1. The van der Waals surface area contributed by atoms with Crippen molar-refractivity contribution in [1.82, 2.24) is 0 Å². The monoisotopic (exact) mass is 204 g/mol. The van der Waals surface area contributed by atoms with Crippen molar-refractivity contribution in [3.63, 3.8) is 0 Å². The molecular formula is C12H12O3. The second-order valence-electron chi connectivity index (χ2n) is 3.74. The van der Waals surface area contributed by atoms with Gasteiger partial charge in [0.15, 0.2) is 0 Å². The van der Waals surface area contributed by atoms with E-state index in [1.54, 1.807) is 0 Å². The molecule has 2 atom stereocenters. The molecule has 1 aromatic carbocycles. The number of ketones is 1. The fourth-order valence-electron chi connectivity index (χ4n) is 1.78. The van der Waals surface area contributed by atoms with E-state index in [4.69, 9.17) is 4.74 Å². The molecule has 0 bridgehead atoms. The van der Waals surface area contributed by atoms with Crippen LogP contribution in [-0.4, -0.2) is 11.8 Å². The first-order valence-corrected chi connectivity index (χ1v) is 4.94. The van der Waals surface area contributed by atoms with Crippen molar-refractivity contribution in [1.29, 1.82) is 0 Å². The summed E-state index contributed by atoms with van der Waals surface area (Å²) in [5.74, 6) is -1.08. The van der Waals surface area contributed by atoms with Crippen molar-refractivity contribution in [3.05, 3.63) is 35.9 Å². The first kappa shape index (κ1) is 9.90. The van der Waals surface area contributed by atoms with Gasteiger partial charge >= 0.3 is 5.97 Å². The average molecular weight is 204 g/mol. The fraction of sp³-hybridized carbons (Fsp3) is 0.333. The molecular weight excluding hydrogens is 192 g/mol. The van der Waals surface area contributed by atoms with Gasteiger partial charge in [0.2, 0.25) is 0 Å². The molecule has 0 radical (unpaired) electrons. The minimum atomic E-state index is -0.574. The van der Waals surface area contributed by atoms with Gasteiger partial charge in [0.05, 0.1) is 0 Å². The highest BCUT2D eigenvalue weighted by Crippen LogP contribution is 2.33. The number of carbonyl (C=O) groups excluding carboxylic acids is 2. The number of hydrogen-bond acceptors (Lipinski definition) is 3. The maximum Gasteiger partial charge on any atom is 0.317 e. The van der Waals surface area contributed by atoms with Crippen LogP contribution in [0.15, 0.2) is 30.3 Å². The predicted octanol–water partition coefficient (Wildman–Crippen LogP) is 1.88. The summed E-state index contributed by atoms with van der Waals surface area (Å²) in [5, 5.41) is 0. The third-order valence-corrected chi connectivity index (χ3v) is 2.65. The number of cyclic esters (lactones) is 1. The summed E-state index contributed by atoms with van der Waals surface area (Å²) in [6, 6.07) is 9.50. The van der Waals surface area contributed by atoms with E-state index in [2.05, 4.69) is 0 Å². The molecule has 3 heteroatoms. The summed E-state index contributed by atoms with van der Waals surface area (Å²) in [4.78, 5) is 22.5. The van der Waals surface area contributed by atoms with Gasteiger partial charge in [0, 0.05) is 6.42 Å². The zero-order valence-corrected chi connectivity index (χ0v) is 8.47. The number of esters is 1. The molecule has 1 saturated heterocycles. The van der Waals surface area contributed by atoms with Crippen LogP contribution in [0.3, 0.4) is 0 Å². The van der Waals surface area contributed by atoms with Crippen molar-refractivity contribution in [2.45, 2.75) is 19.4 Å². The van der Waals surface area contributed by atoms with Crippen LogP contribution in [-0.2, 0) is 14.3 Å². The average Bonchev–Trinajstić information content (AvgIpc) is 2.62. The number of rotatable bonds is 2.